The maximum atomic E-state index is 10.1. The average molecular weight is 204 g/mol. The molecular weight excluding hydrogens is 195 g/mol. The molecular formula is C9H9NaO4. The Kier molecular flexibility index (Phi) is 5.30. The van der Waals surface area contributed by atoms with Crippen molar-refractivity contribution in [2.75, 3.05) is 0 Å². The third-order valence-corrected chi connectivity index (χ3v) is 1.42. The summed E-state index contributed by atoms with van der Waals surface area (Å²) < 4.78 is 0. The first-order valence-electron chi connectivity index (χ1n) is 3.52. The summed E-state index contributed by atoms with van der Waals surface area (Å²) in [7, 11) is 0. The van der Waals surface area contributed by atoms with Gasteiger partial charge in [0.1, 0.15) is 11.5 Å². The van der Waals surface area contributed by atoms with Crippen molar-refractivity contribution in [1.82, 2.24) is 0 Å². The summed E-state index contributed by atoms with van der Waals surface area (Å²) in [4.78, 5) is 10.1. The molecule has 0 aliphatic carbocycles. The molecule has 3 N–H and O–H groups in total. The molecule has 0 amide bonds. The van der Waals surface area contributed by atoms with E-state index in [1.807, 2.05) is 0 Å². The maximum Gasteiger partial charge on any atom is 1.00 e. The van der Waals surface area contributed by atoms with Crippen molar-refractivity contribution in [2.45, 2.75) is 0 Å². The van der Waals surface area contributed by atoms with Gasteiger partial charge >= 0.3 is 35.5 Å². The fourth-order valence-corrected chi connectivity index (χ4v) is 0.834. The van der Waals surface area contributed by atoms with E-state index >= 15 is 0 Å². The standard InChI is InChI=1S/C9H8O4.Na.H/c10-7-3-1-6(8(11)5-7)2-4-9(12)13;;/h1-5,10-11H,(H,12,13);;/q;+1;-1. The zero-order chi connectivity index (χ0) is 9.84. The van der Waals surface area contributed by atoms with Gasteiger partial charge in [0.05, 0.1) is 0 Å². The Balaban J connectivity index is 0. The van der Waals surface area contributed by atoms with Gasteiger partial charge in [-0.05, 0) is 18.2 Å². The van der Waals surface area contributed by atoms with Crippen LogP contribution in [0.1, 0.15) is 6.99 Å². The molecule has 0 aliphatic heterocycles. The molecule has 0 bridgehead atoms. The summed E-state index contributed by atoms with van der Waals surface area (Å²) in [6.45, 7) is 0. The van der Waals surface area contributed by atoms with Crippen LogP contribution >= 0.6 is 0 Å². The van der Waals surface area contributed by atoms with Crippen LogP contribution in [-0.4, -0.2) is 21.3 Å². The van der Waals surface area contributed by atoms with Crippen LogP contribution in [0.3, 0.4) is 0 Å². The molecule has 0 unspecified atom stereocenters. The van der Waals surface area contributed by atoms with Crippen LogP contribution < -0.4 is 29.6 Å². The summed E-state index contributed by atoms with van der Waals surface area (Å²) in [6.07, 6.45) is 2.16. The molecule has 5 heteroatoms. The maximum absolute atomic E-state index is 10.1. The van der Waals surface area contributed by atoms with Gasteiger partial charge in [-0.3, -0.25) is 0 Å². The predicted molar refractivity (Wildman–Crippen MR) is 47.6 cm³/mol. The number of aromatic hydroxyl groups is 2. The molecule has 0 atom stereocenters. The first kappa shape index (κ1) is 13.0. The second-order valence-corrected chi connectivity index (χ2v) is 2.41. The van der Waals surface area contributed by atoms with E-state index in [9.17, 15) is 9.90 Å². The smallest absolute Gasteiger partial charge is 1.00 e. The molecule has 1 aromatic rings. The van der Waals surface area contributed by atoms with Gasteiger partial charge in [0, 0.05) is 17.7 Å². The molecule has 0 heterocycles. The minimum absolute atomic E-state index is 0. The molecule has 0 aliphatic rings. The second-order valence-electron chi connectivity index (χ2n) is 2.41. The van der Waals surface area contributed by atoms with Gasteiger partial charge in [-0.15, -0.1) is 0 Å². The fourth-order valence-electron chi connectivity index (χ4n) is 0.834. The van der Waals surface area contributed by atoms with E-state index < -0.39 is 5.97 Å². The first-order chi connectivity index (χ1) is 6.09. The Morgan fingerprint density at radius 3 is 2.50 bits per heavy atom. The molecule has 4 nitrogen and oxygen atoms in total. The Morgan fingerprint density at radius 1 is 1.36 bits per heavy atom. The van der Waals surface area contributed by atoms with Crippen molar-refractivity contribution in [3.8, 4) is 11.5 Å². The summed E-state index contributed by atoms with van der Waals surface area (Å²) in [5.41, 5.74) is 0.347. The number of phenols is 2. The van der Waals surface area contributed by atoms with E-state index in [1.165, 1.54) is 18.2 Å². The largest absolute Gasteiger partial charge is 1.00 e. The Hall–Kier alpha value is -0.970. The van der Waals surface area contributed by atoms with Gasteiger partial charge in [-0.2, -0.15) is 0 Å². The molecule has 14 heavy (non-hydrogen) atoms. The van der Waals surface area contributed by atoms with E-state index in [4.69, 9.17) is 10.2 Å². The summed E-state index contributed by atoms with van der Waals surface area (Å²) in [5, 5.41) is 26.4. The van der Waals surface area contributed by atoms with E-state index in [2.05, 4.69) is 0 Å². The molecule has 70 valence electrons. The van der Waals surface area contributed by atoms with Crippen LogP contribution in [-0.2, 0) is 4.79 Å². The molecule has 0 saturated carbocycles. The van der Waals surface area contributed by atoms with E-state index in [0.29, 0.717) is 5.56 Å². The molecule has 0 spiro atoms. The molecule has 0 fully saturated rings. The van der Waals surface area contributed by atoms with Crippen LogP contribution in [0.4, 0.5) is 0 Å². The average Bonchev–Trinajstić information content (AvgIpc) is 2.02. The number of phenolic OH excluding ortho intramolecular Hbond substituents is 2. The monoisotopic (exact) mass is 204 g/mol. The zero-order valence-electron chi connectivity index (χ0n) is 8.64. The van der Waals surface area contributed by atoms with Gasteiger partial charge in [-0.1, -0.05) is 0 Å². The van der Waals surface area contributed by atoms with Gasteiger partial charge in [0.2, 0.25) is 0 Å². The second kappa shape index (κ2) is 5.70. The zero-order valence-corrected chi connectivity index (χ0v) is 9.64. The predicted octanol–water partition coefficient (Wildman–Crippen LogP) is -1.69. The Labute approximate surface area is 104 Å². The van der Waals surface area contributed by atoms with Crippen molar-refractivity contribution < 1.29 is 51.1 Å². The molecule has 0 saturated heterocycles. The number of hydrogen-bond donors (Lipinski definition) is 3. The van der Waals surface area contributed by atoms with Crippen LogP contribution in [0.25, 0.3) is 6.08 Å². The van der Waals surface area contributed by atoms with Gasteiger partial charge in [0.25, 0.3) is 0 Å². The minimum Gasteiger partial charge on any atom is -1.00 e. The third-order valence-electron chi connectivity index (χ3n) is 1.42. The molecule has 0 radical (unpaired) electrons. The van der Waals surface area contributed by atoms with E-state index in [0.717, 1.165) is 12.1 Å². The molecule has 0 aromatic heterocycles. The van der Waals surface area contributed by atoms with Crippen molar-refractivity contribution >= 4 is 12.0 Å². The van der Waals surface area contributed by atoms with E-state index in [1.54, 1.807) is 0 Å². The van der Waals surface area contributed by atoms with Crippen molar-refractivity contribution in [3.63, 3.8) is 0 Å². The van der Waals surface area contributed by atoms with Crippen molar-refractivity contribution in [2.24, 2.45) is 0 Å². The summed E-state index contributed by atoms with van der Waals surface area (Å²) >= 11 is 0. The number of hydrogen-bond acceptors (Lipinski definition) is 3. The Bertz CT molecular complexity index is 365. The van der Waals surface area contributed by atoms with Gasteiger partial charge in [0.15, 0.2) is 0 Å². The first-order valence-corrected chi connectivity index (χ1v) is 3.52. The number of carboxylic acid groups (broad SMARTS) is 1. The third kappa shape index (κ3) is 3.83. The van der Waals surface area contributed by atoms with Crippen LogP contribution in [0, 0.1) is 0 Å². The topological polar surface area (TPSA) is 77.8 Å². The minimum atomic E-state index is -1.09. The van der Waals surface area contributed by atoms with Gasteiger partial charge in [-0.25, -0.2) is 4.79 Å². The summed E-state index contributed by atoms with van der Waals surface area (Å²) in [6, 6.07) is 3.92. The Morgan fingerprint density at radius 2 is 2.00 bits per heavy atom. The number of carbonyl (C=O) groups is 1. The quantitative estimate of drug-likeness (QED) is 0.397. The molecule has 1 aromatic carbocycles. The van der Waals surface area contributed by atoms with E-state index in [-0.39, 0.29) is 42.5 Å². The van der Waals surface area contributed by atoms with Crippen molar-refractivity contribution in [1.29, 1.82) is 0 Å². The fraction of sp³-hybridized carbons (Fsp3) is 0. The van der Waals surface area contributed by atoms with Crippen LogP contribution in [0.15, 0.2) is 24.3 Å². The number of aliphatic carboxylic acids is 1. The SMILES string of the molecule is O=C(O)C=Cc1ccc(O)cc1O.[H-].[Na+]. The number of benzene rings is 1. The summed E-state index contributed by atoms with van der Waals surface area (Å²) in [5.74, 6) is -1.31. The van der Waals surface area contributed by atoms with Crippen molar-refractivity contribution in [3.05, 3.63) is 29.8 Å². The number of rotatable bonds is 2. The molecule has 1 rings (SSSR count). The normalized spacial score (nSPS) is 9.71. The van der Waals surface area contributed by atoms with Crippen LogP contribution in [0.2, 0.25) is 0 Å². The van der Waals surface area contributed by atoms with Gasteiger partial charge < -0.3 is 16.7 Å². The van der Waals surface area contributed by atoms with Crippen LogP contribution in [0.5, 0.6) is 11.5 Å². The number of carboxylic acids is 1.